The summed E-state index contributed by atoms with van der Waals surface area (Å²) < 4.78 is 23.4. The van der Waals surface area contributed by atoms with Gasteiger partial charge in [0, 0.05) is 26.2 Å². The van der Waals surface area contributed by atoms with Gasteiger partial charge in [0.15, 0.2) is 17.5 Å². The first-order valence-electron chi connectivity index (χ1n) is 9.86. The number of primary amides is 1. The minimum absolute atomic E-state index is 0.0495. The lowest BCUT2D eigenvalue weighted by molar-refractivity contribution is 0.0389. The number of amidine groups is 1. The predicted octanol–water partition coefficient (Wildman–Crippen LogP) is 0.365. The van der Waals surface area contributed by atoms with Crippen molar-refractivity contribution in [3.05, 3.63) is 40.4 Å². The van der Waals surface area contributed by atoms with Crippen molar-refractivity contribution in [1.82, 2.24) is 31.3 Å². The number of hydroxylamine groups is 1. The molecule has 33 heavy (non-hydrogen) atoms. The number of guanidine groups is 1. The normalized spacial score (nSPS) is 15.4. The molecule has 1 aliphatic rings. The lowest BCUT2D eigenvalue weighted by Gasteiger charge is -2.26. The molecule has 0 radical (unpaired) electrons. The number of aromatic nitrogens is 2. The Bertz CT molecular complexity index is 1010. The van der Waals surface area contributed by atoms with E-state index in [-0.39, 0.29) is 40.4 Å². The van der Waals surface area contributed by atoms with Crippen LogP contribution >= 0.6 is 11.6 Å². The molecule has 0 bridgehead atoms. The van der Waals surface area contributed by atoms with Crippen LogP contribution in [0.3, 0.4) is 0 Å². The number of nitrogens with two attached hydrogens (primary N) is 1. The molecule has 0 unspecified atom stereocenters. The Labute approximate surface area is 192 Å². The quantitative estimate of drug-likeness (QED) is 0.211. The average molecular weight is 484 g/mol. The SMILES string of the molecule is NC(=O)NC(=NCc1nonc1C(=Nc1ccc(F)c(Cl)c1)NO)NCCN1CCOCC1. The number of carbonyl (C=O) groups excluding carboxylic acids is 1. The molecule has 1 aromatic carbocycles. The predicted molar refractivity (Wildman–Crippen MR) is 116 cm³/mol. The first kappa shape index (κ1) is 24.3. The number of aliphatic imine (C=N–C) groups is 2. The summed E-state index contributed by atoms with van der Waals surface area (Å²) in [5, 5.41) is 22.3. The summed E-state index contributed by atoms with van der Waals surface area (Å²) in [6, 6.07) is 2.97. The summed E-state index contributed by atoms with van der Waals surface area (Å²) in [5.74, 6) is -0.609. The van der Waals surface area contributed by atoms with Gasteiger partial charge in [-0.05, 0) is 23.4 Å². The largest absolute Gasteiger partial charge is 0.379 e. The van der Waals surface area contributed by atoms with Crippen LogP contribution in [0, 0.1) is 5.82 Å². The molecule has 0 atom stereocenters. The molecular formula is C18H23ClFN9O4. The second kappa shape index (κ2) is 12.1. The van der Waals surface area contributed by atoms with Crippen LogP contribution in [-0.2, 0) is 11.3 Å². The Morgan fingerprint density at radius 2 is 2.12 bits per heavy atom. The Balaban J connectivity index is 1.70. The highest BCUT2D eigenvalue weighted by Gasteiger charge is 2.17. The highest BCUT2D eigenvalue weighted by molar-refractivity contribution is 6.31. The average Bonchev–Trinajstić information content (AvgIpc) is 3.27. The van der Waals surface area contributed by atoms with Gasteiger partial charge >= 0.3 is 6.03 Å². The van der Waals surface area contributed by atoms with E-state index in [1.807, 2.05) is 5.48 Å². The Hall–Kier alpha value is -3.33. The van der Waals surface area contributed by atoms with Crippen LogP contribution < -0.4 is 21.8 Å². The fourth-order valence-electron chi connectivity index (χ4n) is 2.87. The maximum absolute atomic E-state index is 13.4. The lowest BCUT2D eigenvalue weighted by atomic mass is 10.3. The van der Waals surface area contributed by atoms with Crippen molar-refractivity contribution >= 4 is 35.1 Å². The minimum Gasteiger partial charge on any atom is -0.379 e. The van der Waals surface area contributed by atoms with Crippen LogP contribution in [0.1, 0.15) is 11.4 Å². The van der Waals surface area contributed by atoms with E-state index < -0.39 is 11.8 Å². The van der Waals surface area contributed by atoms with Crippen molar-refractivity contribution < 1.29 is 23.8 Å². The minimum atomic E-state index is -0.793. The summed E-state index contributed by atoms with van der Waals surface area (Å²) in [6.07, 6.45) is 0. The van der Waals surface area contributed by atoms with Crippen LogP contribution in [0.4, 0.5) is 14.9 Å². The summed E-state index contributed by atoms with van der Waals surface area (Å²) in [4.78, 5) is 21.9. The second-order valence-electron chi connectivity index (χ2n) is 6.77. The fourth-order valence-corrected chi connectivity index (χ4v) is 3.05. The number of benzene rings is 1. The van der Waals surface area contributed by atoms with Crippen LogP contribution in [0.25, 0.3) is 0 Å². The first-order chi connectivity index (χ1) is 16.0. The van der Waals surface area contributed by atoms with E-state index in [9.17, 15) is 14.4 Å². The molecule has 0 saturated carbocycles. The van der Waals surface area contributed by atoms with Crippen molar-refractivity contribution in [1.29, 1.82) is 0 Å². The molecule has 2 amide bonds. The molecule has 2 aromatic rings. The number of amides is 2. The maximum Gasteiger partial charge on any atom is 0.318 e. The smallest absolute Gasteiger partial charge is 0.318 e. The number of rotatable bonds is 7. The maximum atomic E-state index is 13.4. The third-order valence-corrected chi connectivity index (χ3v) is 4.77. The molecule has 1 aromatic heterocycles. The van der Waals surface area contributed by atoms with E-state index in [2.05, 4.69) is 35.8 Å². The van der Waals surface area contributed by atoms with Crippen molar-refractivity contribution in [2.24, 2.45) is 15.7 Å². The Morgan fingerprint density at radius 1 is 1.33 bits per heavy atom. The van der Waals surface area contributed by atoms with Crippen LogP contribution in [0.2, 0.25) is 5.02 Å². The van der Waals surface area contributed by atoms with Gasteiger partial charge in [-0.3, -0.25) is 20.9 Å². The molecule has 2 heterocycles. The van der Waals surface area contributed by atoms with E-state index in [4.69, 9.17) is 26.7 Å². The van der Waals surface area contributed by atoms with Crippen molar-refractivity contribution in [2.45, 2.75) is 6.54 Å². The molecule has 3 rings (SSSR count). The van der Waals surface area contributed by atoms with Gasteiger partial charge in [0.2, 0.25) is 0 Å². The number of ether oxygens (including phenoxy) is 1. The molecule has 13 nitrogen and oxygen atoms in total. The molecule has 0 spiro atoms. The third-order valence-electron chi connectivity index (χ3n) is 4.48. The molecule has 178 valence electrons. The number of hydrogen-bond acceptors (Lipinski definition) is 9. The summed E-state index contributed by atoms with van der Waals surface area (Å²) in [7, 11) is 0. The van der Waals surface area contributed by atoms with Gasteiger partial charge in [-0.1, -0.05) is 16.8 Å². The van der Waals surface area contributed by atoms with Crippen LogP contribution in [0.15, 0.2) is 32.8 Å². The zero-order chi connectivity index (χ0) is 23.6. The number of halogens is 2. The first-order valence-corrected chi connectivity index (χ1v) is 10.2. The number of morpholine rings is 1. The van der Waals surface area contributed by atoms with Gasteiger partial charge < -0.3 is 15.8 Å². The third kappa shape index (κ3) is 7.35. The van der Waals surface area contributed by atoms with Crippen molar-refractivity contribution in [3.8, 4) is 0 Å². The van der Waals surface area contributed by atoms with Crippen LogP contribution in [0.5, 0.6) is 0 Å². The highest BCUT2D eigenvalue weighted by Crippen LogP contribution is 2.22. The second-order valence-corrected chi connectivity index (χ2v) is 7.17. The molecule has 1 saturated heterocycles. The molecule has 1 aliphatic heterocycles. The lowest BCUT2D eigenvalue weighted by Crippen LogP contribution is -2.47. The van der Waals surface area contributed by atoms with Gasteiger partial charge in [0.25, 0.3) is 0 Å². The Kier molecular flexibility index (Phi) is 8.88. The van der Waals surface area contributed by atoms with E-state index >= 15 is 0 Å². The van der Waals surface area contributed by atoms with Crippen LogP contribution in [-0.4, -0.2) is 77.6 Å². The van der Waals surface area contributed by atoms with E-state index in [0.29, 0.717) is 26.3 Å². The van der Waals surface area contributed by atoms with Gasteiger partial charge in [0.05, 0.1) is 30.5 Å². The number of nitrogens with one attached hydrogen (secondary N) is 3. The molecule has 15 heteroatoms. The van der Waals surface area contributed by atoms with Crippen molar-refractivity contribution in [3.63, 3.8) is 0 Å². The number of carbonyl (C=O) groups is 1. The number of urea groups is 1. The van der Waals surface area contributed by atoms with Gasteiger partial charge in [-0.2, -0.15) is 0 Å². The summed E-state index contributed by atoms with van der Waals surface area (Å²) in [6.45, 7) is 4.11. The summed E-state index contributed by atoms with van der Waals surface area (Å²) in [5.41, 5.74) is 7.61. The molecule has 1 fully saturated rings. The van der Waals surface area contributed by atoms with Gasteiger partial charge in [-0.25, -0.2) is 23.8 Å². The van der Waals surface area contributed by atoms with E-state index in [1.165, 1.54) is 12.1 Å². The topological polar surface area (TPSA) is 176 Å². The molecular weight excluding hydrogens is 461 g/mol. The standard InChI is InChI=1S/C18H23ClFN9O4/c19-12-9-11(1-2-13(12)20)24-16(26-31)15-14(27-33-28-15)10-23-18(25-17(21)30)22-3-4-29-5-7-32-8-6-29/h1-2,9,31H,3-8,10H2,(H,24,26)(H4,21,22,23,25,30). The number of nitrogens with zero attached hydrogens (tertiary/aromatic N) is 5. The number of hydrogen-bond donors (Lipinski definition) is 5. The summed E-state index contributed by atoms with van der Waals surface area (Å²) >= 11 is 5.76. The monoisotopic (exact) mass is 483 g/mol. The Morgan fingerprint density at radius 3 is 2.82 bits per heavy atom. The highest BCUT2D eigenvalue weighted by atomic mass is 35.5. The zero-order valence-electron chi connectivity index (χ0n) is 17.4. The fraction of sp³-hybridized carbons (Fsp3) is 0.389. The molecule has 6 N–H and O–H groups in total. The van der Waals surface area contributed by atoms with E-state index in [1.54, 1.807) is 0 Å². The zero-order valence-corrected chi connectivity index (χ0v) is 18.2. The van der Waals surface area contributed by atoms with Gasteiger partial charge in [0.1, 0.15) is 11.5 Å². The van der Waals surface area contributed by atoms with E-state index in [0.717, 1.165) is 19.2 Å². The molecule has 0 aliphatic carbocycles. The van der Waals surface area contributed by atoms with Gasteiger partial charge in [-0.15, -0.1) is 0 Å². The van der Waals surface area contributed by atoms with Crippen molar-refractivity contribution in [2.75, 3.05) is 39.4 Å².